The second-order valence-electron chi connectivity index (χ2n) is 6.08. The van der Waals surface area contributed by atoms with Crippen LogP contribution in [0.1, 0.15) is 30.6 Å². The predicted octanol–water partition coefficient (Wildman–Crippen LogP) is 1.55. The van der Waals surface area contributed by atoms with Gasteiger partial charge in [0.1, 0.15) is 0 Å². The Labute approximate surface area is 132 Å². The Hall–Kier alpha value is -1.40. The first-order valence-electron chi connectivity index (χ1n) is 7.64. The summed E-state index contributed by atoms with van der Waals surface area (Å²) in [6, 6.07) is 6.29. The van der Waals surface area contributed by atoms with E-state index in [1.807, 2.05) is 11.9 Å². The number of rotatable bonds is 5. The van der Waals surface area contributed by atoms with Gasteiger partial charge in [-0.05, 0) is 64.0 Å². The number of carbonyl (C=O) groups is 1. The van der Waals surface area contributed by atoms with Crippen LogP contribution in [0.5, 0.6) is 0 Å². The third kappa shape index (κ3) is 3.50. The van der Waals surface area contributed by atoms with E-state index < -0.39 is 15.1 Å². The Balaban J connectivity index is 2.10. The molecule has 1 aromatic carbocycles. The average molecular weight is 324 g/mol. The van der Waals surface area contributed by atoms with Crippen LogP contribution < -0.4 is 5.32 Å². The van der Waals surface area contributed by atoms with E-state index in [9.17, 15) is 13.2 Å². The standard InChI is InChI=1S/C16H24N2O3S/c1-12(2)22(20,21)15-6-4-14(5-7-15)16(19)18-9-8-13(11-18)10-17-3/h4-7,12-13,17H,8-11H2,1-3H3/t13-/m0/s1. The molecule has 1 aliphatic rings. The number of likely N-dealkylation sites (tertiary alicyclic amines) is 1. The molecule has 22 heavy (non-hydrogen) atoms. The van der Waals surface area contributed by atoms with E-state index in [2.05, 4.69) is 5.32 Å². The largest absolute Gasteiger partial charge is 0.338 e. The van der Waals surface area contributed by atoms with Crippen LogP contribution in [-0.2, 0) is 9.84 Å². The van der Waals surface area contributed by atoms with Crippen molar-refractivity contribution in [3.8, 4) is 0 Å². The highest BCUT2D eigenvalue weighted by atomic mass is 32.2. The van der Waals surface area contributed by atoms with E-state index in [-0.39, 0.29) is 10.8 Å². The normalized spacial score (nSPS) is 18.9. The highest BCUT2D eigenvalue weighted by molar-refractivity contribution is 7.92. The maximum Gasteiger partial charge on any atom is 0.253 e. The first kappa shape index (κ1) is 17.0. The van der Waals surface area contributed by atoms with Crippen molar-refractivity contribution in [2.24, 2.45) is 5.92 Å². The van der Waals surface area contributed by atoms with Crippen molar-refractivity contribution in [3.05, 3.63) is 29.8 Å². The van der Waals surface area contributed by atoms with Crippen LogP contribution in [0.2, 0.25) is 0 Å². The van der Waals surface area contributed by atoms with Gasteiger partial charge in [-0.25, -0.2) is 8.42 Å². The molecule has 0 spiro atoms. The van der Waals surface area contributed by atoms with Gasteiger partial charge in [0.2, 0.25) is 0 Å². The highest BCUT2D eigenvalue weighted by Crippen LogP contribution is 2.20. The molecule has 1 atom stereocenters. The molecule has 5 nitrogen and oxygen atoms in total. The zero-order chi connectivity index (χ0) is 16.3. The van der Waals surface area contributed by atoms with Crippen LogP contribution in [0.15, 0.2) is 29.2 Å². The lowest BCUT2D eigenvalue weighted by Gasteiger charge is -2.17. The van der Waals surface area contributed by atoms with Crippen molar-refractivity contribution < 1.29 is 13.2 Å². The fourth-order valence-corrected chi connectivity index (χ4v) is 3.77. The summed E-state index contributed by atoms with van der Waals surface area (Å²) in [7, 11) is -1.37. The van der Waals surface area contributed by atoms with Crippen molar-refractivity contribution >= 4 is 15.7 Å². The van der Waals surface area contributed by atoms with Gasteiger partial charge in [-0.3, -0.25) is 4.79 Å². The lowest BCUT2D eigenvalue weighted by atomic mass is 10.1. The number of carbonyl (C=O) groups excluding carboxylic acids is 1. The molecule has 1 saturated heterocycles. The number of benzene rings is 1. The molecule has 0 bridgehead atoms. The molecule has 122 valence electrons. The summed E-state index contributed by atoms with van der Waals surface area (Å²) >= 11 is 0. The lowest BCUT2D eigenvalue weighted by Crippen LogP contribution is -2.30. The van der Waals surface area contributed by atoms with Crippen LogP contribution >= 0.6 is 0 Å². The minimum Gasteiger partial charge on any atom is -0.338 e. The number of amides is 1. The molecule has 1 amide bonds. The Kier molecular flexibility index (Phi) is 5.24. The highest BCUT2D eigenvalue weighted by Gasteiger charge is 2.27. The average Bonchev–Trinajstić information content (AvgIpc) is 2.95. The van der Waals surface area contributed by atoms with Crippen LogP contribution in [0.4, 0.5) is 0 Å². The molecular formula is C16H24N2O3S. The van der Waals surface area contributed by atoms with Gasteiger partial charge in [0.25, 0.3) is 5.91 Å². The van der Waals surface area contributed by atoms with Gasteiger partial charge in [-0.2, -0.15) is 0 Å². The maximum absolute atomic E-state index is 12.4. The zero-order valence-corrected chi connectivity index (χ0v) is 14.2. The van der Waals surface area contributed by atoms with Crippen molar-refractivity contribution in [3.63, 3.8) is 0 Å². The van der Waals surface area contributed by atoms with Crippen LogP contribution in [0.3, 0.4) is 0 Å². The first-order valence-corrected chi connectivity index (χ1v) is 9.18. The van der Waals surface area contributed by atoms with Crippen molar-refractivity contribution in [1.29, 1.82) is 0 Å². The van der Waals surface area contributed by atoms with Crippen LogP contribution in [0.25, 0.3) is 0 Å². The number of nitrogens with one attached hydrogen (secondary N) is 1. The van der Waals surface area contributed by atoms with E-state index in [0.717, 1.165) is 26.1 Å². The third-order valence-corrected chi connectivity index (χ3v) is 6.29. The van der Waals surface area contributed by atoms with E-state index in [1.165, 1.54) is 12.1 Å². The van der Waals surface area contributed by atoms with Crippen LogP contribution in [-0.4, -0.2) is 51.2 Å². The fraction of sp³-hybridized carbons (Fsp3) is 0.562. The number of nitrogens with zero attached hydrogens (tertiary/aromatic N) is 1. The Bertz CT molecular complexity index is 623. The van der Waals surface area contributed by atoms with E-state index in [0.29, 0.717) is 11.5 Å². The van der Waals surface area contributed by atoms with E-state index >= 15 is 0 Å². The molecule has 0 aromatic heterocycles. The smallest absolute Gasteiger partial charge is 0.253 e. The van der Waals surface area contributed by atoms with Gasteiger partial charge in [-0.15, -0.1) is 0 Å². The zero-order valence-electron chi connectivity index (χ0n) is 13.4. The van der Waals surface area contributed by atoms with Gasteiger partial charge < -0.3 is 10.2 Å². The second kappa shape index (κ2) is 6.79. The Morgan fingerprint density at radius 3 is 2.50 bits per heavy atom. The van der Waals surface area contributed by atoms with Gasteiger partial charge >= 0.3 is 0 Å². The molecule has 0 unspecified atom stereocenters. The summed E-state index contributed by atoms with van der Waals surface area (Å²) in [6.45, 7) is 5.74. The quantitative estimate of drug-likeness (QED) is 0.892. The minimum atomic E-state index is -3.29. The lowest BCUT2D eigenvalue weighted by molar-refractivity contribution is 0.0787. The summed E-state index contributed by atoms with van der Waals surface area (Å²) in [6.07, 6.45) is 1.01. The topological polar surface area (TPSA) is 66.5 Å². The van der Waals surface area contributed by atoms with Gasteiger partial charge in [-0.1, -0.05) is 0 Å². The predicted molar refractivity (Wildman–Crippen MR) is 86.7 cm³/mol. The summed E-state index contributed by atoms with van der Waals surface area (Å²) in [4.78, 5) is 14.6. The summed E-state index contributed by atoms with van der Waals surface area (Å²) in [5, 5.41) is 2.68. The summed E-state index contributed by atoms with van der Waals surface area (Å²) in [5.74, 6) is 0.474. The fourth-order valence-electron chi connectivity index (χ4n) is 2.71. The maximum atomic E-state index is 12.4. The SMILES string of the molecule is CNC[C@@H]1CCN(C(=O)c2ccc(S(=O)(=O)C(C)C)cc2)C1. The molecule has 1 aromatic rings. The van der Waals surface area contributed by atoms with E-state index in [4.69, 9.17) is 0 Å². The molecule has 6 heteroatoms. The van der Waals surface area contributed by atoms with Gasteiger partial charge in [0, 0.05) is 18.7 Å². The molecule has 1 aliphatic heterocycles. The van der Waals surface area contributed by atoms with E-state index in [1.54, 1.807) is 26.0 Å². The molecule has 1 fully saturated rings. The van der Waals surface area contributed by atoms with Crippen LogP contribution in [0, 0.1) is 5.92 Å². The monoisotopic (exact) mass is 324 g/mol. The van der Waals surface area contributed by atoms with Crippen molar-refractivity contribution in [2.75, 3.05) is 26.7 Å². The molecule has 1 N–H and O–H groups in total. The molecule has 0 radical (unpaired) electrons. The Morgan fingerprint density at radius 1 is 1.32 bits per heavy atom. The third-order valence-electron chi connectivity index (χ3n) is 4.12. The molecule has 0 saturated carbocycles. The number of hydrogen-bond acceptors (Lipinski definition) is 4. The molecule has 0 aliphatic carbocycles. The van der Waals surface area contributed by atoms with Crippen molar-refractivity contribution in [1.82, 2.24) is 10.2 Å². The number of hydrogen-bond donors (Lipinski definition) is 1. The molecule has 1 heterocycles. The molecular weight excluding hydrogens is 300 g/mol. The number of sulfone groups is 1. The minimum absolute atomic E-state index is 0.0212. The van der Waals surface area contributed by atoms with Crippen molar-refractivity contribution in [2.45, 2.75) is 30.4 Å². The molecule has 2 rings (SSSR count). The summed E-state index contributed by atoms with van der Waals surface area (Å²) < 4.78 is 24.2. The summed E-state index contributed by atoms with van der Waals surface area (Å²) in [5.41, 5.74) is 0.549. The second-order valence-corrected chi connectivity index (χ2v) is 8.59. The Morgan fingerprint density at radius 2 is 1.95 bits per heavy atom. The van der Waals surface area contributed by atoms with Gasteiger partial charge in [0.05, 0.1) is 10.1 Å². The first-order chi connectivity index (χ1) is 10.4. The van der Waals surface area contributed by atoms with Gasteiger partial charge in [0.15, 0.2) is 9.84 Å².